The molecule has 0 radical (unpaired) electrons. The number of rotatable bonds is 4. The molecule has 0 saturated carbocycles. The van der Waals surface area contributed by atoms with Gasteiger partial charge in [-0.05, 0) is 24.6 Å². The van der Waals surface area contributed by atoms with E-state index in [0.717, 1.165) is 5.56 Å². The van der Waals surface area contributed by atoms with E-state index in [-0.39, 0.29) is 5.82 Å². The molecule has 0 amide bonds. The number of hydrogen-bond acceptors (Lipinski definition) is 5. The molecular weight excluding hydrogens is 283 g/mol. The fourth-order valence-electron chi connectivity index (χ4n) is 2.08. The maximum atomic E-state index is 13.9. The van der Waals surface area contributed by atoms with Gasteiger partial charge in [-0.1, -0.05) is 12.1 Å². The molecule has 0 saturated heterocycles. The highest BCUT2D eigenvalue weighted by molar-refractivity contribution is 5.64. The first kappa shape index (κ1) is 14.1. The summed E-state index contributed by atoms with van der Waals surface area (Å²) in [5, 5.41) is 7.21. The van der Waals surface area contributed by atoms with E-state index in [9.17, 15) is 4.39 Å². The van der Waals surface area contributed by atoms with Crippen molar-refractivity contribution in [3.8, 4) is 11.3 Å². The summed E-state index contributed by atoms with van der Waals surface area (Å²) in [6.45, 7) is 2.26. The molecule has 0 aliphatic heterocycles. The number of nitrogens with one attached hydrogen (secondary N) is 1. The zero-order chi connectivity index (χ0) is 15.5. The molecule has 7 heteroatoms. The van der Waals surface area contributed by atoms with Crippen LogP contribution in [0.15, 0.2) is 36.8 Å². The standard InChI is InChI=1S/C15H15FN6/c1-10-7-17-15(18-8-13-19-9-22(2)21-13)20-14(10)11-5-3-4-6-12(11)16/h3-7,9H,8H2,1-2H3,(H,17,18,20). The number of anilines is 1. The van der Waals surface area contributed by atoms with Crippen LogP contribution in [0.3, 0.4) is 0 Å². The Labute approximate surface area is 127 Å². The van der Waals surface area contributed by atoms with E-state index in [1.165, 1.54) is 6.07 Å². The summed E-state index contributed by atoms with van der Waals surface area (Å²) in [6.07, 6.45) is 3.29. The Balaban J connectivity index is 1.85. The molecule has 0 unspecified atom stereocenters. The second-order valence-electron chi connectivity index (χ2n) is 4.89. The van der Waals surface area contributed by atoms with Crippen LogP contribution in [0.1, 0.15) is 11.4 Å². The van der Waals surface area contributed by atoms with Crippen molar-refractivity contribution in [1.82, 2.24) is 24.7 Å². The van der Waals surface area contributed by atoms with Gasteiger partial charge in [-0.2, -0.15) is 5.10 Å². The van der Waals surface area contributed by atoms with E-state index in [1.54, 1.807) is 42.5 Å². The van der Waals surface area contributed by atoms with Crippen LogP contribution in [0.4, 0.5) is 10.3 Å². The Kier molecular flexibility index (Phi) is 3.78. The van der Waals surface area contributed by atoms with Gasteiger partial charge in [-0.3, -0.25) is 4.68 Å². The lowest BCUT2D eigenvalue weighted by atomic mass is 10.1. The summed E-state index contributed by atoms with van der Waals surface area (Å²) >= 11 is 0. The number of aryl methyl sites for hydroxylation is 2. The lowest BCUT2D eigenvalue weighted by Crippen LogP contribution is -2.07. The zero-order valence-corrected chi connectivity index (χ0v) is 12.3. The highest BCUT2D eigenvalue weighted by Crippen LogP contribution is 2.24. The topological polar surface area (TPSA) is 68.5 Å². The van der Waals surface area contributed by atoms with Gasteiger partial charge < -0.3 is 5.32 Å². The van der Waals surface area contributed by atoms with E-state index in [0.29, 0.717) is 29.6 Å². The van der Waals surface area contributed by atoms with Crippen molar-refractivity contribution in [3.63, 3.8) is 0 Å². The summed E-state index contributed by atoms with van der Waals surface area (Å²) in [7, 11) is 1.80. The van der Waals surface area contributed by atoms with Gasteiger partial charge >= 0.3 is 0 Å². The highest BCUT2D eigenvalue weighted by Gasteiger charge is 2.11. The zero-order valence-electron chi connectivity index (χ0n) is 12.3. The monoisotopic (exact) mass is 298 g/mol. The van der Waals surface area contributed by atoms with Crippen LogP contribution < -0.4 is 5.32 Å². The Morgan fingerprint density at radius 2 is 2.05 bits per heavy atom. The molecule has 112 valence electrons. The molecule has 2 aromatic heterocycles. The number of aromatic nitrogens is 5. The summed E-state index contributed by atoms with van der Waals surface area (Å²) in [5.41, 5.74) is 1.85. The van der Waals surface area contributed by atoms with Crippen LogP contribution in [0.25, 0.3) is 11.3 Å². The van der Waals surface area contributed by atoms with Crippen molar-refractivity contribution in [1.29, 1.82) is 0 Å². The molecule has 0 aliphatic carbocycles. The molecule has 0 spiro atoms. The number of halogens is 1. The highest BCUT2D eigenvalue weighted by atomic mass is 19.1. The molecule has 1 N–H and O–H groups in total. The predicted octanol–water partition coefficient (Wildman–Crippen LogP) is 2.33. The summed E-state index contributed by atoms with van der Waals surface area (Å²) in [4.78, 5) is 12.7. The average molecular weight is 298 g/mol. The van der Waals surface area contributed by atoms with E-state index in [4.69, 9.17) is 0 Å². The average Bonchev–Trinajstić information content (AvgIpc) is 2.93. The first-order valence-electron chi connectivity index (χ1n) is 6.80. The first-order valence-corrected chi connectivity index (χ1v) is 6.80. The number of hydrogen-bond donors (Lipinski definition) is 1. The van der Waals surface area contributed by atoms with Crippen LogP contribution >= 0.6 is 0 Å². The predicted molar refractivity (Wildman–Crippen MR) is 80.5 cm³/mol. The van der Waals surface area contributed by atoms with Gasteiger partial charge in [0.1, 0.15) is 12.1 Å². The summed E-state index contributed by atoms with van der Waals surface area (Å²) < 4.78 is 15.6. The maximum absolute atomic E-state index is 13.9. The Bertz CT molecular complexity index is 798. The molecular formula is C15H15FN6. The molecule has 3 aromatic rings. The van der Waals surface area contributed by atoms with Crippen molar-refractivity contribution < 1.29 is 4.39 Å². The number of benzene rings is 1. The lowest BCUT2D eigenvalue weighted by Gasteiger charge is -2.09. The fraction of sp³-hybridized carbons (Fsp3) is 0.200. The van der Waals surface area contributed by atoms with Gasteiger partial charge in [0.2, 0.25) is 5.95 Å². The molecule has 1 aromatic carbocycles. The Morgan fingerprint density at radius 1 is 1.23 bits per heavy atom. The minimum Gasteiger partial charge on any atom is -0.347 e. The lowest BCUT2D eigenvalue weighted by molar-refractivity contribution is 0.630. The molecule has 2 heterocycles. The van der Waals surface area contributed by atoms with Crippen LogP contribution in [0, 0.1) is 12.7 Å². The number of nitrogens with zero attached hydrogens (tertiary/aromatic N) is 5. The van der Waals surface area contributed by atoms with E-state index in [1.807, 2.05) is 6.92 Å². The van der Waals surface area contributed by atoms with E-state index < -0.39 is 0 Å². The fourth-order valence-corrected chi connectivity index (χ4v) is 2.08. The minimum absolute atomic E-state index is 0.304. The second kappa shape index (κ2) is 5.88. The molecule has 0 bridgehead atoms. The molecule has 3 rings (SSSR count). The van der Waals surface area contributed by atoms with Crippen LogP contribution in [0.5, 0.6) is 0 Å². The van der Waals surface area contributed by atoms with Crippen molar-refractivity contribution >= 4 is 5.95 Å². The third kappa shape index (κ3) is 2.93. The smallest absolute Gasteiger partial charge is 0.223 e. The van der Waals surface area contributed by atoms with Gasteiger partial charge in [-0.15, -0.1) is 0 Å². The minimum atomic E-state index is -0.304. The third-order valence-corrected chi connectivity index (χ3v) is 3.15. The second-order valence-corrected chi connectivity index (χ2v) is 4.89. The molecule has 6 nitrogen and oxygen atoms in total. The first-order chi connectivity index (χ1) is 10.6. The van der Waals surface area contributed by atoms with Gasteiger partial charge in [-0.25, -0.2) is 19.3 Å². The van der Waals surface area contributed by atoms with Crippen molar-refractivity contribution in [2.24, 2.45) is 7.05 Å². The van der Waals surface area contributed by atoms with Crippen LogP contribution in [-0.2, 0) is 13.6 Å². The molecule has 0 atom stereocenters. The molecule has 0 fully saturated rings. The SMILES string of the molecule is Cc1cnc(NCc2ncn(C)n2)nc1-c1ccccc1F. The maximum Gasteiger partial charge on any atom is 0.223 e. The van der Waals surface area contributed by atoms with Gasteiger partial charge in [0, 0.05) is 18.8 Å². The largest absolute Gasteiger partial charge is 0.347 e. The Hall–Kier alpha value is -2.83. The molecule has 22 heavy (non-hydrogen) atoms. The summed E-state index contributed by atoms with van der Waals surface area (Å²) in [5.74, 6) is 0.747. The molecule has 0 aliphatic rings. The normalized spacial score (nSPS) is 10.7. The van der Waals surface area contributed by atoms with Crippen LogP contribution in [-0.4, -0.2) is 24.7 Å². The van der Waals surface area contributed by atoms with Gasteiger partial charge in [0.05, 0.1) is 12.2 Å². The van der Waals surface area contributed by atoms with Crippen molar-refractivity contribution in [3.05, 3.63) is 54.0 Å². The summed E-state index contributed by atoms with van der Waals surface area (Å²) in [6, 6.07) is 6.56. The third-order valence-electron chi connectivity index (χ3n) is 3.15. The van der Waals surface area contributed by atoms with Gasteiger partial charge in [0.25, 0.3) is 0 Å². The van der Waals surface area contributed by atoms with E-state index >= 15 is 0 Å². The Morgan fingerprint density at radius 3 is 2.77 bits per heavy atom. The van der Waals surface area contributed by atoms with Crippen molar-refractivity contribution in [2.45, 2.75) is 13.5 Å². The van der Waals surface area contributed by atoms with Crippen LogP contribution in [0.2, 0.25) is 0 Å². The quantitative estimate of drug-likeness (QED) is 0.800. The van der Waals surface area contributed by atoms with E-state index in [2.05, 4.69) is 25.4 Å². The van der Waals surface area contributed by atoms with Crippen molar-refractivity contribution in [2.75, 3.05) is 5.32 Å². The van der Waals surface area contributed by atoms with Gasteiger partial charge in [0.15, 0.2) is 5.82 Å².